The Labute approximate surface area is 179 Å². The lowest BCUT2D eigenvalue weighted by atomic mass is 10.2. The van der Waals surface area contributed by atoms with Gasteiger partial charge in [0.2, 0.25) is 21.9 Å². The highest BCUT2D eigenvalue weighted by Crippen LogP contribution is 2.20. The Morgan fingerprint density at radius 2 is 2.10 bits per heavy atom. The number of piperazine rings is 1. The molecule has 2 fully saturated rings. The lowest BCUT2D eigenvalue weighted by Gasteiger charge is -2.32. The van der Waals surface area contributed by atoms with Gasteiger partial charge in [-0.2, -0.15) is 19.6 Å². The Balaban J connectivity index is 1.48. The van der Waals surface area contributed by atoms with Crippen molar-refractivity contribution in [2.24, 2.45) is 0 Å². The van der Waals surface area contributed by atoms with Crippen molar-refractivity contribution in [1.29, 1.82) is 0 Å². The van der Waals surface area contributed by atoms with Crippen molar-refractivity contribution in [2.75, 3.05) is 42.1 Å². The number of anilines is 2. The Bertz CT molecular complexity index is 960. The molecule has 1 aliphatic carbocycles. The van der Waals surface area contributed by atoms with Crippen molar-refractivity contribution in [3.63, 3.8) is 0 Å². The second kappa shape index (κ2) is 8.70. The average molecular weight is 487 g/mol. The Hall–Kier alpha value is -1.50. The number of nitrogens with zero attached hydrogens (tertiary/aromatic N) is 5. The summed E-state index contributed by atoms with van der Waals surface area (Å²) in [4.78, 5) is 11.4. The molecule has 1 saturated carbocycles. The first-order valence-electron chi connectivity index (χ1n) is 10.1. The molecule has 4 rings (SSSR count). The summed E-state index contributed by atoms with van der Waals surface area (Å²) in [6.45, 7) is 4.86. The van der Waals surface area contributed by atoms with E-state index in [9.17, 15) is 8.42 Å². The molecule has 160 valence electrons. The van der Waals surface area contributed by atoms with E-state index in [0.717, 1.165) is 45.3 Å². The van der Waals surface area contributed by atoms with Crippen LogP contribution in [0.4, 0.5) is 11.9 Å². The lowest BCUT2D eigenvalue weighted by molar-refractivity contribution is 0.479. The minimum atomic E-state index is -3.33. The first-order valence-corrected chi connectivity index (χ1v) is 12.5. The highest BCUT2D eigenvalue weighted by molar-refractivity contribution is 9.10. The third kappa shape index (κ3) is 5.16. The predicted molar refractivity (Wildman–Crippen MR) is 116 cm³/mol. The Morgan fingerprint density at radius 3 is 2.86 bits per heavy atom. The van der Waals surface area contributed by atoms with Gasteiger partial charge < -0.3 is 15.5 Å². The maximum Gasteiger partial charge on any atom is 0.230 e. The van der Waals surface area contributed by atoms with Gasteiger partial charge in [0.1, 0.15) is 4.60 Å². The zero-order chi connectivity index (χ0) is 20.4. The van der Waals surface area contributed by atoms with Crippen LogP contribution in [0.2, 0.25) is 0 Å². The topological polar surface area (TPSA) is 117 Å². The van der Waals surface area contributed by atoms with Crippen LogP contribution in [0.15, 0.2) is 10.7 Å². The highest BCUT2D eigenvalue weighted by atomic mass is 79.9. The van der Waals surface area contributed by atoms with Crippen LogP contribution in [0.25, 0.3) is 5.65 Å². The van der Waals surface area contributed by atoms with Crippen LogP contribution in [-0.2, 0) is 10.0 Å². The minimum Gasteiger partial charge on any atom is -0.353 e. The first-order chi connectivity index (χ1) is 13.9. The minimum absolute atomic E-state index is 0.0164. The van der Waals surface area contributed by atoms with Crippen molar-refractivity contribution in [3.05, 3.63) is 10.7 Å². The van der Waals surface area contributed by atoms with Gasteiger partial charge in [0, 0.05) is 44.3 Å². The van der Waals surface area contributed by atoms with Crippen molar-refractivity contribution < 1.29 is 8.42 Å². The van der Waals surface area contributed by atoms with Gasteiger partial charge in [0.15, 0.2) is 5.65 Å². The van der Waals surface area contributed by atoms with Gasteiger partial charge in [-0.25, -0.2) is 13.1 Å². The SMILES string of the molecule is C[C@H]1CN(c2nc(NCCS(=O)(=O)NC3CCCC3)n3nc(Br)cc3n2)CCN1. The molecule has 3 heterocycles. The zero-order valence-electron chi connectivity index (χ0n) is 16.4. The Morgan fingerprint density at radius 1 is 1.31 bits per heavy atom. The summed E-state index contributed by atoms with van der Waals surface area (Å²) in [7, 11) is -3.33. The normalized spacial score (nSPS) is 21.2. The van der Waals surface area contributed by atoms with Crippen molar-refractivity contribution >= 4 is 43.5 Å². The first kappa shape index (κ1) is 20.8. The zero-order valence-corrected chi connectivity index (χ0v) is 18.8. The van der Waals surface area contributed by atoms with E-state index in [1.165, 1.54) is 0 Å². The molecule has 2 aliphatic rings. The lowest BCUT2D eigenvalue weighted by Crippen LogP contribution is -2.49. The molecule has 2 aromatic rings. The number of rotatable bonds is 7. The molecule has 0 spiro atoms. The fraction of sp³-hybridized carbons (Fsp3) is 0.706. The summed E-state index contributed by atoms with van der Waals surface area (Å²) in [6, 6.07) is 2.25. The number of halogens is 1. The van der Waals surface area contributed by atoms with E-state index in [1.807, 2.05) is 6.07 Å². The predicted octanol–water partition coefficient (Wildman–Crippen LogP) is 0.959. The molecule has 29 heavy (non-hydrogen) atoms. The molecule has 10 nitrogen and oxygen atoms in total. The van der Waals surface area contributed by atoms with Crippen LogP contribution in [0, 0.1) is 0 Å². The van der Waals surface area contributed by atoms with Crippen molar-refractivity contribution in [3.8, 4) is 0 Å². The van der Waals surface area contributed by atoms with E-state index in [4.69, 9.17) is 0 Å². The van der Waals surface area contributed by atoms with Gasteiger partial charge in [0.25, 0.3) is 0 Å². The van der Waals surface area contributed by atoms with E-state index >= 15 is 0 Å². The van der Waals surface area contributed by atoms with Crippen molar-refractivity contribution in [1.82, 2.24) is 29.6 Å². The molecule has 0 unspecified atom stereocenters. The van der Waals surface area contributed by atoms with E-state index in [2.05, 4.69) is 58.2 Å². The van der Waals surface area contributed by atoms with E-state index in [-0.39, 0.29) is 18.3 Å². The second-order valence-corrected chi connectivity index (χ2v) is 10.4. The number of nitrogens with one attached hydrogen (secondary N) is 3. The average Bonchev–Trinajstić information content (AvgIpc) is 3.29. The quantitative estimate of drug-likeness (QED) is 0.529. The Kier molecular flexibility index (Phi) is 6.23. The van der Waals surface area contributed by atoms with Gasteiger partial charge in [-0.15, -0.1) is 0 Å². The van der Waals surface area contributed by atoms with Crippen LogP contribution in [0.5, 0.6) is 0 Å². The summed E-state index contributed by atoms with van der Waals surface area (Å²) in [5.41, 5.74) is 0.655. The third-order valence-corrected chi connectivity index (χ3v) is 7.11. The molecule has 12 heteroatoms. The molecule has 1 aliphatic heterocycles. The molecule has 3 N–H and O–H groups in total. The summed E-state index contributed by atoms with van der Waals surface area (Å²) in [5, 5.41) is 10.9. The summed E-state index contributed by atoms with van der Waals surface area (Å²) >= 11 is 3.38. The molecule has 1 atom stereocenters. The second-order valence-electron chi connectivity index (χ2n) is 7.73. The molecule has 0 aromatic carbocycles. The third-order valence-electron chi connectivity index (χ3n) is 5.29. The van der Waals surface area contributed by atoms with E-state index < -0.39 is 10.0 Å². The standard InChI is InChI=1S/C17H27BrN8O2S/c1-12-11-25(8-6-19-12)17-21-15-10-14(18)23-26(15)16(22-17)20-7-9-29(27,28)24-13-4-2-3-5-13/h10,12-13,19,24H,2-9,11H2,1H3,(H,20,21,22)/t12-/m0/s1. The number of fused-ring (bicyclic) bond motifs is 1. The number of hydrogen-bond donors (Lipinski definition) is 3. The molecule has 1 saturated heterocycles. The smallest absolute Gasteiger partial charge is 0.230 e. The van der Waals surface area contributed by atoms with Gasteiger partial charge in [-0.05, 0) is 35.7 Å². The summed E-state index contributed by atoms with van der Waals surface area (Å²) in [5.74, 6) is 1.09. The maximum atomic E-state index is 12.4. The fourth-order valence-electron chi connectivity index (χ4n) is 3.87. The molecule has 0 bridgehead atoms. The van der Waals surface area contributed by atoms with Crippen LogP contribution in [0.1, 0.15) is 32.6 Å². The van der Waals surface area contributed by atoms with Gasteiger partial charge in [-0.3, -0.25) is 0 Å². The van der Waals surface area contributed by atoms with Crippen LogP contribution >= 0.6 is 15.9 Å². The van der Waals surface area contributed by atoms with Crippen LogP contribution < -0.4 is 20.3 Å². The van der Waals surface area contributed by atoms with Gasteiger partial charge >= 0.3 is 0 Å². The molecule has 0 amide bonds. The van der Waals surface area contributed by atoms with E-state index in [0.29, 0.717) is 28.2 Å². The molecule has 0 radical (unpaired) electrons. The highest BCUT2D eigenvalue weighted by Gasteiger charge is 2.22. The molecular weight excluding hydrogens is 460 g/mol. The number of sulfonamides is 1. The fourth-order valence-corrected chi connectivity index (χ4v) is 5.47. The van der Waals surface area contributed by atoms with Crippen LogP contribution in [-0.4, -0.2) is 72.0 Å². The number of aromatic nitrogens is 4. The summed E-state index contributed by atoms with van der Waals surface area (Å²) < 4.78 is 29.8. The maximum absolute atomic E-state index is 12.4. The monoisotopic (exact) mass is 486 g/mol. The largest absolute Gasteiger partial charge is 0.353 e. The molecular formula is C17H27BrN8O2S. The van der Waals surface area contributed by atoms with Crippen LogP contribution in [0.3, 0.4) is 0 Å². The van der Waals surface area contributed by atoms with Gasteiger partial charge in [0.05, 0.1) is 5.75 Å². The van der Waals surface area contributed by atoms with E-state index in [1.54, 1.807) is 4.52 Å². The van der Waals surface area contributed by atoms with Crippen molar-refractivity contribution in [2.45, 2.75) is 44.7 Å². The van der Waals surface area contributed by atoms with Gasteiger partial charge in [-0.1, -0.05) is 12.8 Å². The summed E-state index contributed by atoms with van der Waals surface area (Å²) in [6.07, 6.45) is 4.03. The number of hydrogen-bond acceptors (Lipinski definition) is 8. The molecule has 2 aromatic heterocycles.